The van der Waals surface area contributed by atoms with Crippen LogP contribution in [0.15, 0.2) is 18.2 Å². The van der Waals surface area contributed by atoms with Crippen LogP contribution in [0.5, 0.6) is 5.75 Å². The maximum absolute atomic E-state index is 11.8. The summed E-state index contributed by atoms with van der Waals surface area (Å²) in [5.74, 6) is 1.73. The number of hydrogen-bond acceptors (Lipinski definition) is 3. The van der Waals surface area contributed by atoms with Crippen LogP contribution in [0.4, 0.5) is 0 Å². The monoisotopic (exact) mass is 326 g/mol. The van der Waals surface area contributed by atoms with Crippen molar-refractivity contribution in [2.24, 2.45) is 5.92 Å². The molecule has 1 fully saturated rings. The van der Waals surface area contributed by atoms with Crippen LogP contribution in [0.1, 0.15) is 30.4 Å². The molecule has 2 rings (SSSR count). The summed E-state index contributed by atoms with van der Waals surface area (Å²) in [6.07, 6.45) is 2.80. The molecular weight excluding hydrogens is 300 g/mol. The van der Waals surface area contributed by atoms with E-state index in [9.17, 15) is 4.79 Å². The Hall–Kier alpha value is -1.26. The number of amides is 1. The normalized spacial score (nSPS) is 16.9. The van der Waals surface area contributed by atoms with E-state index in [1.807, 2.05) is 32.0 Å². The number of aryl methyl sites for hydroxylation is 2. The number of para-hydroxylation sites is 1. The van der Waals surface area contributed by atoms with E-state index in [4.69, 9.17) is 4.74 Å². The number of halogens is 1. The van der Waals surface area contributed by atoms with Crippen LogP contribution < -0.4 is 15.4 Å². The lowest BCUT2D eigenvalue weighted by molar-refractivity contribution is -0.121. The Morgan fingerprint density at radius 3 is 2.73 bits per heavy atom. The van der Waals surface area contributed by atoms with Crippen molar-refractivity contribution in [2.45, 2.75) is 33.1 Å². The van der Waals surface area contributed by atoms with Gasteiger partial charge in [-0.2, -0.15) is 0 Å². The van der Waals surface area contributed by atoms with Gasteiger partial charge in [-0.1, -0.05) is 18.2 Å². The van der Waals surface area contributed by atoms with Gasteiger partial charge in [-0.25, -0.2) is 0 Å². The molecule has 124 valence electrons. The number of carbonyl (C=O) groups excluding carboxylic acids is 1. The van der Waals surface area contributed by atoms with Gasteiger partial charge in [0.05, 0.1) is 6.54 Å². The van der Waals surface area contributed by atoms with E-state index < -0.39 is 0 Å². The fourth-order valence-corrected chi connectivity index (χ4v) is 2.75. The van der Waals surface area contributed by atoms with E-state index >= 15 is 0 Å². The smallest absolute Gasteiger partial charge is 0.220 e. The highest BCUT2D eigenvalue weighted by Gasteiger charge is 2.15. The molecule has 0 aromatic heterocycles. The van der Waals surface area contributed by atoms with Gasteiger partial charge in [0, 0.05) is 6.42 Å². The van der Waals surface area contributed by atoms with Crippen molar-refractivity contribution in [1.82, 2.24) is 10.6 Å². The standard InChI is InChI=1S/C17H26N2O2.ClH/c1-13-4-3-5-14(2)17(13)21-11-10-19-16(20)7-6-15-8-9-18-12-15;/h3-5,15,18H,6-12H2,1-2H3,(H,19,20);1H. The Morgan fingerprint density at radius 1 is 1.36 bits per heavy atom. The molecule has 1 aromatic rings. The number of carbonyl (C=O) groups is 1. The van der Waals surface area contributed by atoms with E-state index in [0.29, 0.717) is 25.5 Å². The predicted molar refractivity (Wildman–Crippen MR) is 91.9 cm³/mol. The van der Waals surface area contributed by atoms with Gasteiger partial charge in [-0.3, -0.25) is 4.79 Å². The third-order valence-electron chi connectivity index (χ3n) is 4.02. The third kappa shape index (κ3) is 5.85. The first-order valence-corrected chi connectivity index (χ1v) is 7.83. The van der Waals surface area contributed by atoms with E-state index in [0.717, 1.165) is 36.4 Å². The zero-order chi connectivity index (χ0) is 15.1. The molecule has 1 saturated heterocycles. The fourth-order valence-electron chi connectivity index (χ4n) is 2.75. The molecule has 1 amide bonds. The lowest BCUT2D eigenvalue weighted by Gasteiger charge is -2.12. The van der Waals surface area contributed by atoms with Crippen LogP contribution in [0.2, 0.25) is 0 Å². The highest BCUT2D eigenvalue weighted by atomic mass is 35.5. The summed E-state index contributed by atoms with van der Waals surface area (Å²) >= 11 is 0. The first kappa shape index (κ1) is 18.8. The second-order valence-corrected chi connectivity index (χ2v) is 5.82. The van der Waals surface area contributed by atoms with Gasteiger partial charge in [0.1, 0.15) is 12.4 Å². The Morgan fingerprint density at radius 2 is 2.09 bits per heavy atom. The molecule has 1 unspecified atom stereocenters. The number of ether oxygens (including phenoxy) is 1. The average Bonchev–Trinajstić information content (AvgIpc) is 2.97. The summed E-state index contributed by atoms with van der Waals surface area (Å²) in [6, 6.07) is 6.10. The SMILES string of the molecule is Cc1cccc(C)c1OCCNC(=O)CCC1CCNC1.Cl. The molecule has 0 saturated carbocycles. The predicted octanol–water partition coefficient (Wildman–Crippen LogP) is 2.61. The van der Waals surface area contributed by atoms with E-state index in [1.165, 1.54) is 6.42 Å². The van der Waals surface area contributed by atoms with Gasteiger partial charge in [-0.05, 0) is 56.8 Å². The average molecular weight is 327 g/mol. The van der Waals surface area contributed by atoms with Gasteiger partial charge in [-0.15, -0.1) is 12.4 Å². The van der Waals surface area contributed by atoms with Crippen molar-refractivity contribution in [3.05, 3.63) is 29.3 Å². The van der Waals surface area contributed by atoms with Gasteiger partial charge < -0.3 is 15.4 Å². The largest absolute Gasteiger partial charge is 0.491 e. The quantitative estimate of drug-likeness (QED) is 0.757. The van der Waals surface area contributed by atoms with Gasteiger partial charge in [0.2, 0.25) is 5.91 Å². The second kappa shape index (κ2) is 9.70. The van der Waals surface area contributed by atoms with E-state index in [1.54, 1.807) is 0 Å². The van der Waals surface area contributed by atoms with Gasteiger partial charge in [0.25, 0.3) is 0 Å². The molecular formula is C17H27ClN2O2. The molecule has 0 spiro atoms. The lowest BCUT2D eigenvalue weighted by atomic mass is 10.0. The van der Waals surface area contributed by atoms with Crippen LogP contribution in [0.3, 0.4) is 0 Å². The van der Waals surface area contributed by atoms with Crippen molar-refractivity contribution in [1.29, 1.82) is 0 Å². The van der Waals surface area contributed by atoms with Crippen molar-refractivity contribution in [3.63, 3.8) is 0 Å². The van der Waals surface area contributed by atoms with E-state index in [-0.39, 0.29) is 18.3 Å². The van der Waals surface area contributed by atoms with E-state index in [2.05, 4.69) is 10.6 Å². The molecule has 2 N–H and O–H groups in total. The zero-order valence-electron chi connectivity index (χ0n) is 13.5. The Bertz CT molecular complexity index is 453. The molecule has 1 aliphatic heterocycles. The minimum atomic E-state index is 0. The van der Waals surface area contributed by atoms with Gasteiger partial charge in [0.15, 0.2) is 0 Å². The summed E-state index contributed by atoms with van der Waals surface area (Å²) in [6.45, 7) is 7.31. The molecule has 0 aliphatic carbocycles. The molecule has 4 nitrogen and oxygen atoms in total. The highest BCUT2D eigenvalue weighted by Crippen LogP contribution is 2.21. The number of rotatable bonds is 7. The Balaban J connectivity index is 0.00000242. The molecule has 1 aliphatic rings. The van der Waals surface area contributed by atoms with Crippen LogP contribution in [0.25, 0.3) is 0 Å². The maximum atomic E-state index is 11.8. The lowest BCUT2D eigenvalue weighted by Crippen LogP contribution is -2.28. The maximum Gasteiger partial charge on any atom is 0.220 e. The first-order chi connectivity index (χ1) is 10.2. The van der Waals surface area contributed by atoms with Crippen molar-refractivity contribution in [3.8, 4) is 5.75 Å². The molecule has 5 heteroatoms. The molecule has 0 bridgehead atoms. The fraction of sp³-hybridized carbons (Fsp3) is 0.588. The summed E-state index contributed by atoms with van der Waals surface area (Å²) in [7, 11) is 0. The van der Waals surface area contributed by atoms with Gasteiger partial charge >= 0.3 is 0 Å². The molecule has 0 radical (unpaired) electrons. The van der Waals surface area contributed by atoms with Crippen molar-refractivity contribution >= 4 is 18.3 Å². The number of hydrogen-bond donors (Lipinski definition) is 2. The summed E-state index contributed by atoms with van der Waals surface area (Å²) in [4.78, 5) is 11.8. The van der Waals surface area contributed by atoms with Crippen molar-refractivity contribution < 1.29 is 9.53 Å². The Labute approximate surface area is 139 Å². The summed E-state index contributed by atoms with van der Waals surface area (Å²) in [5, 5.41) is 6.26. The molecule has 1 aromatic carbocycles. The second-order valence-electron chi connectivity index (χ2n) is 5.82. The minimum absolute atomic E-state index is 0. The number of benzene rings is 1. The van der Waals surface area contributed by atoms with Crippen molar-refractivity contribution in [2.75, 3.05) is 26.2 Å². The van der Waals surface area contributed by atoms with Crippen LogP contribution >= 0.6 is 12.4 Å². The molecule has 22 heavy (non-hydrogen) atoms. The summed E-state index contributed by atoms with van der Waals surface area (Å²) in [5.41, 5.74) is 2.27. The highest BCUT2D eigenvalue weighted by molar-refractivity contribution is 5.85. The summed E-state index contributed by atoms with van der Waals surface area (Å²) < 4.78 is 5.77. The third-order valence-corrected chi connectivity index (χ3v) is 4.02. The molecule has 1 heterocycles. The Kier molecular flexibility index (Phi) is 8.28. The van der Waals surface area contributed by atoms with Crippen LogP contribution in [-0.4, -0.2) is 32.1 Å². The van der Waals surface area contributed by atoms with Crippen LogP contribution in [-0.2, 0) is 4.79 Å². The molecule has 1 atom stereocenters. The first-order valence-electron chi connectivity index (χ1n) is 7.83. The van der Waals surface area contributed by atoms with Crippen LogP contribution in [0, 0.1) is 19.8 Å². The number of nitrogens with one attached hydrogen (secondary N) is 2. The topological polar surface area (TPSA) is 50.4 Å². The zero-order valence-corrected chi connectivity index (χ0v) is 14.3. The minimum Gasteiger partial charge on any atom is -0.491 e.